The van der Waals surface area contributed by atoms with Crippen molar-refractivity contribution in [3.63, 3.8) is 0 Å². The van der Waals surface area contributed by atoms with Gasteiger partial charge in [-0.05, 0) is 50.2 Å². The van der Waals surface area contributed by atoms with Crippen molar-refractivity contribution in [2.75, 3.05) is 11.4 Å². The quantitative estimate of drug-likeness (QED) is 0.688. The third kappa shape index (κ3) is 4.07. The van der Waals surface area contributed by atoms with E-state index in [4.69, 9.17) is 4.42 Å². The molecule has 3 rings (SSSR count). The van der Waals surface area contributed by atoms with Gasteiger partial charge >= 0.3 is 0 Å². The Hall–Kier alpha value is -3.13. The number of hydrogen-bond donors (Lipinski definition) is 1. The normalized spacial score (nSPS) is 11.2. The van der Waals surface area contributed by atoms with Gasteiger partial charge in [-0.2, -0.15) is 0 Å². The van der Waals surface area contributed by atoms with Crippen molar-refractivity contribution >= 4 is 21.6 Å². The average molecular weight is 399 g/mol. The van der Waals surface area contributed by atoms with E-state index >= 15 is 0 Å². The molecule has 0 radical (unpaired) electrons. The number of oxazole rings is 1. The molecule has 0 spiro atoms. The van der Waals surface area contributed by atoms with Crippen LogP contribution in [0.3, 0.4) is 0 Å². The van der Waals surface area contributed by atoms with Gasteiger partial charge in [-0.1, -0.05) is 18.2 Å². The lowest BCUT2D eigenvalue weighted by atomic mass is 10.2. The van der Waals surface area contributed by atoms with Gasteiger partial charge in [0.05, 0.1) is 22.8 Å². The summed E-state index contributed by atoms with van der Waals surface area (Å²) in [5.74, 6) is 0.794. The number of para-hydroxylation sites is 1. The molecule has 1 heterocycles. The predicted molar refractivity (Wildman–Crippen MR) is 106 cm³/mol. The summed E-state index contributed by atoms with van der Waals surface area (Å²) in [7, 11) is -2.22. The molecule has 28 heavy (non-hydrogen) atoms. The fraction of sp³-hybridized carbons (Fsp3) is 0.200. The summed E-state index contributed by atoms with van der Waals surface area (Å²) < 4.78 is 32.2. The molecule has 1 N–H and O–H groups in total. The molecule has 146 valence electrons. The van der Waals surface area contributed by atoms with Crippen molar-refractivity contribution < 1.29 is 17.6 Å². The van der Waals surface area contributed by atoms with Crippen LogP contribution >= 0.6 is 0 Å². The first kappa shape index (κ1) is 19.6. The number of aryl methyl sites for hydroxylation is 2. The Labute approximate surface area is 164 Å². The monoisotopic (exact) mass is 399 g/mol. The van der Waals surface area contributed by atoms with E-state index in [2.05, 4.69) is 10.3 Å². The Morgan fingerprint density at radius 3 is 2.29 bits per heavy atom. The van der Waals surface area contributed by atoms with Gasteiger partial charge in [-0.15, -0.1) is 0 Å². The maximum Gasteiger partial charge on any atom is 0.264 e. The lowest BCUT2D eigenvalue weighted by Crippen LogP contribution is -2.27. The molecule has 8 heteroatoms. The highest BCUT2D eigenvalue weighted by atomic mass is 32.2. The minimum absolute atomic E-state index is 0.106. The molecule has 1 aromatic heterocycles. The highest BCUT2D eigenvalue weighted by Crippen LogP contribution is 2.22. The number of carbonyl (C=O) groups is 1. The van der Waals surface area contributed by atoms with E-state index < -0.39 is 10.0 Å². The van der Waals surface area contributed by atoms with Gasteiger partial charge < -0.3 is 9.73 Å². The molecule has 3 aromatic rings. The van der Waals surface area contributed by atoms with E-state index in [9.17, 15) is 13.2 Å². The zero-order valence-electron chi connectivity index (χ0n) is 15.8. The van der Waals surface area contributed by atoms with Gasteiger partial charge in [0.1, 0.15) is 5.76 Å². The lowest BCUT2D eigenvalue weighted by molar-refractivity contribution is 0.0947. The number of nitrogens with one attached hydrogen (secondary N) is 1. The maximum absolute atomic E-state index is 12.8. The highest BCUT2D eigenvalue weighted by molar-refractivity contribution is 7.92. The van der Waals surface area contributed by atoms with Crippen LogP contribution in [0, 0.1) is 13.8 Å². The third-order valence-electron chi connectivity index (χ3n) is 4.37. The molecule has 0 aliphatic rings. The second-order valence-electron chi connectivity index (χ2n) is 6.26. The van der Waals surface area contributed by atoms with Crippen molar-refractivity contribution in [2.24, 2.45) is 0 Å². The van der Waals surface area contributed by atoms with Crippen LogP contribution in [-0.2, 0) is 16.6 Å². The van der Waals surface area contributed by atoms with Crippen molar-refractivity contribution in [1.29, 1.82) is 0 Å². The number of hydrogen-bond acceptors (Lipinski definition) is 5. The van der Waals surface area contributed by atoms with Crippen molar-refractivity contribution in [2.45, 2.75) is 25.3 Å². The summed E-state index contributed by atoms with van der Waals surface area (Å²) in [6, 6.07) is 14.6. The molecule has 0 saturated carbocycles. The Morgan fingerprint density at radius 1 is 1.07 bits per heavy atom. The minimum atomic E-state index is -3.72. The van der Waals surface area contributed by atoms with Crippen LogP contribution < -0.4 is 9.62 Å². The summed E-state index contributed by atoms with van der Waals surface area (Å²) in [5, 5.41) is 2.71. The fourth-order valence-corrected chi connectivity index (χ4v) is 3.78. The van der Waals surface area contributed by atoms with E-state index in [-0.39, 0.29) is 17.3 Å². The van der Waals surface area contributed by atoms with Gasteiger partial charge in [0.15, 0.2) is 0 Å². The smallest absolute Gasteiger partial charge is 0.264 e. The topological polar surface area (TPSA) is 92.5 Å². The summed E-state index contributed by atoms with van der Waals surface area (Å²) in [6.45, 7) is 3.79. The van der Waals surface area contributed by atoms with E-state index in [1.54, 1.807) is 31.2 Å². The standard InChI is InChI=1S/C20H21N3O4S/c1-14-15(2)27-19(22-14)13-21-20(24)16-9-11-18(12-10-16)28(25,26)23(3)17-7-5-4-6-8-17/h4-12H,13H2,1-3H3,(H,21,24). The predicted octanol–water partition coefficient (Wildman–Crippen LogP) is 3.05. The highest BCUT2D eigenvalue weighted by Gasteiger charge is 2.21. The van der Waals surface area contributed by atoms with Gasteiger partial charge in [-0.25, -0.2) is 13.4 Å². The summed E-state index contributed by atoms with van der Waals surface area (Å²) in [5.41, 5.74) is 1.68. The van der Waals surface area contributed by atoms with Crippen molar-refractivity contribution in [3.8, 4) is 0 Å². The van der Waals surface area contributed by atoms with E-state index in [0.29, 0.717) is 22.9 Å². The molecular formula is C20H21N3O4S. The number of rotatable bonds is 6. The SMILES string of the molecule is Cc1nc(CNC(=O)c2ccc(S(=O)(=O)N(C)c3ccccc3)cc2)oc1C. The van der Waals surface area contributed by atoms with E-state index in [1.807, 2.05) is 13.0 Å². The first-order chi connectivity index (χ1) is 13.3. The van der Waals surface area contributed by atoms with Crippen LogP contribution in [0.25, 0.3) is 0 Å². The van der Waals surface area contributed by atoms with Crippen LogP contribution in [0.15, 0.2) is 63.9 Å². The third-order valence-corrected chi connectivity index (χ3v) is 6.17. The Morgan fingerprint density at radius 2 is 1.71 bits per heavy atom. The molecule has 0 fully saturated rings. The maximum atomic E-state index is 12.8. The number of nitrogens with zero attached hydrogens (tertiary/aromatic N) is 2. The molecule has 0 aliphatic carbocycles. The second kappa shape index (κ2) is 7.85. The van der Waals surface area contributed by atoms with E-state index in [1.165, 1.54) is 35.6 Å². The molecule has 2 aromatic carbocycles. The molecule has 1 amide bonds. The summed E-state index contributed by atoms with van der Waals surface area (Å²) in [4.78, 5) is 16.6. The number of carbonyl (C=O) groups excluding carboxylic acids is 1. The summed E-state index contributed by atoms with van der Waals surface area (Å²) >= 11 is 0. The lowest BCUT2D eigenvalue weighted by Gasteiger charge is -2.19. The first-order valence-electron chi connectivity index (χ1n) is 8.64. The average Bonchev–Trinajstić information content (AvgIpc) is 3.03. The zero-order valence-corrected chi connectivity index (χ0v) is 16.7. The van der Waals surface area contributed by atoms with Gasteiger partial charge in [0.25, 0.3) is 15.9 Å². The number of aromatic nitrogens is 1. The molecule has 0 bridgehead atoms. The van der Waals surface area contributed by atoms with Crippen LogP contribution in [-0.4, -0.2) is 26.4 Å². The second-order valence-corrected chi connectivity index (χ2v) is 8.23. The molecular weight excluding hydrogens is 378 g/mol. The van der Waals surface area contributed by atoms with Crippen LogP contribution in [0.5, 0.6) is 0 Å². The van der Waals surface area contributed by atoms with Crippen LogP contribution in [0.1, 0.15) is 27.7 Å². The Kier molecular flexibility index (Phi) is 5.51. The number of sulfonamides is 1. The van der Waals surface area contributed by atoms with Gasteiger partial charge in [0, 0.05) is 12.6 Å². The Bertz CT molecular complexity index is 1050. The number of amides is 1. The molecule has 0 aliphatic heterocycles. The molecule has 0 atom stereocenters. The van der Waals surface area contributed by atoms with E-state index in [0.717, 1.165) is 5.69 Å². The van der Waals surface area contributed by atoms with Crippen LogP contribution in [0.2, 0.25) is 0 Å². The van der Waals surface area contributed by atoms with Gasteiger partial charge in [-0.3, -0.25) is 9.10 Å². The first-order valence-corrected chi connectivity index (χ1v) is 10.1. The zero-order chi connectivity index (χ0) is 20.3. The van der Waals surface area contributed by atoms with Crippen LogP contribution in [0.4, 0.5) is 5.69 Å². The minimum Gasteiger partial charge on any atom is -0.444 e. The van der Waals surface area contributed by atoms with Crippen molar-refractivity contribution in [1.82, 2.24) is 10.3 Å². The number of benzene rings is 2. The molecule has 7 nitrogen and oxygen atoms in total. The number of anilines is 1. The Balaban J connectivity index is 1.70. The molecule has 0 unspecified atom stereocenters. The molecule has 0 saturated heterocycles. The largest absolute Gasteiger partial charge is 0.444 e. The van der Waals surface area contributed by atoms with Crippen molar-refractivity contribution in [3.05, 3.63) is 77.5 Å². The van der Waals surface area contributed by atoms with Gasteiger partial charge in [0.2, 0.25) is 5.89 Å². The fourth-order valence-electron chi connectivity index (χ4n) is 2.59. The summed E-state index contributed by atoms with van der Waals surface area (Å²) in [6.07, 6.45) is 0.